The van der Waals surface area contributed by atoms with Gasteiger partial charge in [-0.3, -0.25) is 4.98 Å². The molecule has 0 spiro atoms. The standard InChI is InChI=1S/C49H32BN3/c1-25-5-11-41-35(17-25)38-20-28(4)22-40-48(38)52(41)49-34-10-8-31-24-32(29-13-15-51-16-14-29)23-30-7-9-33(44(34)43(30)31)45-39-21-27(3)19-37-36-18-26(2)6-12-42(36)53(47(37)39)50(40)46(45)49/h5-24H,1-4H3. The molecule has 3 aromatic heterocycles. The fraction of sp³-hybridized carbons (Fsp3) is 0.0816. The van der Waals surface area contributed by atoms with Gasteiger partial charge in [0.15, 0.2) is 0 Å². The Bertz CT molecular complexity index is 3470. The highest BCUT2D eigenvalue weighted by molar-refractivity contribution is 6.90. The lowest BCUT2D eigenvalue weighted by Crippen LogP contribution is -2.55. The Kier molecular flexibility index (Phi) is 4.97. The SMILES string of the molecule is Cc1ccc2c(c1)c1cc(C)cc3c1n2B1c2c-3c3ccc4cc(-c5ccncc5)cc5ccc(c2-n2c6ccc(C)cc6c6cc(C)cc1c62)c3c45. The van der Waals surface area contributed by atoms with Crippen molar-refractivity contribution in [2.24, 2.45) is 0 Å². The number of rotatable bonds is 1. The number of nitrogens with zero attached hydrogens (tertiary/aromatic N) is 3. The average Bonchev–Trinajstić information content (AvgIpc) is 3.65. The van der Waals surface area contributed by atoms with E-state index < -0.39 is 0 Å². The van der Waals surface area contributed by atoms with Crippen LogP contribution in [-0.2, 0) is 0 Å². The van der Waals surface area contributed by atoms with E-state index in [0.29, 0.717) is 0 Å². The summed E-state index contributed by atoms with van der Waals surface area (Å²) < 4.78 is 5.36. The molecule has 53 heavy (non-hydrogen) atoms. The number of hydrogen-bond acceptors (Lipinski definition) is 1. The first-order valence-electron chi connectivity index (χ1n) is 18.7. The number of aryl methyl sites for hydroxylation is 4. The predicted octanol–water partition coefficient (Wildman–Crippen LogP) is 11.0. The molecule has 0 atom stereocenters. The van der Waals surface area contributed by atoms with Crippen molar-refractivity contribution in [2.45, 2.75) is 27.7 Å². The van der Waals surface area contributed by atoms with Crippen LogP contribution in [0.15, 0.2) is 122 Å². The first-order chi connectivity index (χ1) is 25.9. The predicted molar refractivity (Wildman–Crippen MR) is 226 cm³/mol. The lowest BCUT2D eigenvalue weighted by Gasteiger charge is -2.36. The van der Waals surface area contributed by atoms with Crippen LogP contribution in [-0.4, -0.2) is 20.9 Å². The third kappa shape index (κ3) is 3.32. The van der Waals surface area contributed by atoms with Crippen molar-refractivity contribution in [3.8, 4) is 27.9 Å². The molecule has 0 fully saturated rings. The molecule has 2 aliphatic heterocycles. The fourth-order valence-corrected chi connectivity index (χ4v) is 10.7. The van der Waals surface area contributed by atoms with Crippen LogP contribution < -0.4 is 10.9 Å². The number of fused-ring (bicyclic) bond motifs is 12. The van der Waals surface area contributed by atoms with Gasteiger partial charge in [-0.05, 0) is 149 Å². The van der Waals surface area contributed by atoms with E-state index in [1.165, 1.54) is 137 Å². The summed E-state index contributed by atoms with van der Waals surface area (Å²) in [6.45, 7) is 9.02. The summed E-state index contributed by atoms with van der Waals surface area (Å²) in [5.41, 5.74) is 19.8. The normalized spacial score (nSPS) is 13.2. The number of pyridine rings is 1. The van der Waals surface area contributed by atoms with Crippen LogP contribution in [0, 0.1) is 27.7 Å². The first kappa shape index (κ1) is 28.2. The number of hydrogen-bond donors (Lipinski definition) is 0. The van der Waals surface area contributed by atoms with E-state index >= 15 is 0 Å². The van der Waals surface area contributed by atoms with Gasteiger partial charge in [0.25, 0.3) is 0 Å². The fourth-order valence-electron chi connectivity index (χ4n) is 10.7. The molecule has 11 aromatic rings. The van der Waals surface area contributed by atoms with Crippen molar-refractivity contribution in [3.63, 3.8) is 0 Å². The Morgan fingerprint density at radius 2 is 1.13 bits per heavy atom. The highest BCUT2D eigenvalue weighted by atomic mass is 15.0. The van der Waals surface area contributed by atoms with Crippen molar-refractivity contribution < 1.29 is 0 Å². The second-order valence-corrected chi connectivity index (χ2v) is 15.9. The highest BCUT2D eigenvalue weighted by Gasteiger charge is 2.43. The molecule has 13 rings (SSSR count). The van der Waals surface area contributed by atoms with Crippen LogP contribution in [0.3, 0.4) is 0 Å². The minimum absolute atomic E-state index is 0.0263. The van der Waals surface area contributed by atoms with Gasteiger partial charge in [0.1, 0.15) is 0 Å². The van der Waals surface area contributed by atoms with Gasteiger partial charge in [-0.1, -0.05) is 59.2 Å². The maximum absolute atomic E-state index is 4.29. The van der Waals surface area contributed by atoms with Gasteiger partial charge in [-0.15, -0.1) is 0 Å². The molecule has 0 saturated heterocycles. The molecular formula is C49H32BN3. The number of benzene rings is 8. The molecule has 0 bridgehead atoms. The molecule has 0 N–H and O–H groups in total. The van der Waals surface area contributed by atoms with E-state index in [1.807, 2.05) is 12.4 Å². The molecule has 246 valence electrons. The maximum Gasteiger partial charge on any atom is 0.333 e. The molecule has 0 saturated carbocycles. The smallest absolute Gasteiger partial charge is 0.333 e. The third-order valence-electron chi connectivity index (χ3n) is 12.6. The molecule has 0 amide bonds. The Balaban J connectivity index is 1.32. The van der Waals surface area contributed by atoms with Crippen LogP contribution in [0.5, 0.6) is 0 Å². The Labute approximate surface area is 306 Å². The van der Waals surface area contributed by atoms with Crippen molar-refractivity contribution in [1.82, 2.24) is 14.0 Å². The Hall–Kier alpha value is -6.39. The van der Waals surface area contributed by atoms with Crippen molar-refractivity contribution in [3.05, 3.63) is 144 Å². The van der Waals surface area contributed by atoms with E-state index in [2.05, 4.69) is 151 Å². The average molecular weight is 674 g/mol. The second kappa shape index (κ2) is 9.34. The monoisotopic (exact) mass is 673 g/mol. The molecule has 0 aliphatic carbocycles. The lowest BCUT2D eigenvalue weighted by molar-refractivity contribution is 1.19. The zero-order chi connectivity index (χ0) is 35.0. The quantitative estimate of drug-likeness (QED) is 0.126. The van der Waals surface area contributed by atoms with Crippen LogP contribution in [0.4, 0.5) is 0 Å². The van der Waals surface area contributed by atoms with Gasteiger partial charge in [0.05, 0.1) is 16.7 Å². The van der Waals surface area contributed by atoms with Gasteiger partial charge >= 0.3 is 6.85 Å². The van der Waals surface area contributed by atoms with Crippen molar-refractivity contribution in [2.75, 3.05) is 0 Å². The van der Waals surface area contributed by atoms with Crippen LogP contribution in [0.1, 0.15) is 22.3 Å². The first-order valence-corrected chi connectivity index (χ1v) is 18.7. The van der Waals surface area contributed by atoms with Crippen LogP contribution in [0.25, 0.3) is 104 Å². The van der Waals surface area contributed by atoms with Crippen molar-refractivity contribution >= 4 is 93.7 Å². The Morgan fingerprint density at radius 3 is 1.89 bits per heavy atom. The summed E-state index contributed by atoms with van der Waals surface area (Å²) >= 11 is 0. The van der Waals surface area contributed by atoms with Crippen LogP contribution >= 0.6 is 0 Å². The van der Waals surface area contributed by atoms with Crippen LogP contribution in [0.2, 0.25) is 0 Å². The van der Waals surface area contributed by atoms with Crippen molar-refractivity contribution in [1.29, 1.82) is 0 Å². The molecule has 0 unspecified atom stereocenters. The molecular weight excluding hydrogens is 641 g/mol. The lowest BCUT2D eigenvalue weighted by atomic mass is 9.45. The summed E-state index contributed by atoms with van der Waals surface area (Å²) in [6.07, 6.45) is 3.78. The maximum atomic E-state index is 4.29. The van der Waals surface area contributed by atoms with E-state index in [9.17, 15) is 0 Å². The minimum atomic E-state index is 0.0263. The van der Waals surface area contributed by atoms with Gasteiger partial charge in [0.2, 0.25) is 0 Å². The molecule has 2 aliphatic rings. The zero-order valence-corrected chi connectivity index (χ0v) is 30.0. The molecule has 3 nitrogen and oxygen atoms in total. The largest absolute Gasteiger partial charge is 0.375 e. The summed E-state index contributed by atoms with van der Waals surface area (Å²) in [5, 5.41) is 13.3. The van der Waals surface area contributed by atoms with E-state index in [-0.39, 0.29) is 6.85 Å². The summed E-state index contributed by atoms with van der Waals surface area (Å²) in [4.78, 5) is 4.29. The van der Waals surface area contributed by atoms with Gasteiger partial charge in [-0.25, -0.2) is 0 Å². The number of aromatic nitrogens is 3. The molecule has 0 radical (unpaired) electrons. The molecule has 5 heterocycles. The van der Waals surface area contributed by atoms with Gasteiger partial charge < -0.3 is 9.05 Å². The topological polar surface area (TPSA) is 22.8 Å². The molecule has 8 aromatic carbocycles. The minimum Gasteiger partial charge on any atom is -0.375 e. The second-order valence-electron chi connectivity index (χ2n) is 15.9. The van der Waals surface area contributed by atoms with Gasteiger partial charge in [-0.2, -0.15) is 0 Å². The summed E-state index contributed by atoms with van der Waals surface area (Å²) in [7, 11) is 0. The van der Waals surface area contributed by atoms with Gasteiger partial charge in [0, 0.05) is 61.3 Å². The highest BCUT2D eigenvalue weighted by Crippen LogP contribution is 2.50. The summed E-state index contributed by atoms with van der Waals surface area (Å²) in [5.74, 6) is 0. The summed E-state index contributed by atoms with van der Waals surface area (Å²) in [6, 6.07) is 42.5. The third-order valence-corrected chi connectivity index (χ3v) is 12.6. The Morgan fingerprint density at radius 1 is 0.491 bits per heavy atom. The van der Waals surface area contributed by atoms with E-state index in [0.717, 1.165) is 0 Å². The molecule has 4 heteroatoms. The van der Waals surface area contributed by atoms with E-state index in [4.69, 9.17) is 0 Å². The van der Waals surface area contributed by atoms with E-state index in [1.54, 1.807) is 0 Å². The zero-order valence-electron chi connectivity index (χ0n) is 30.0.